The maximum absolute atomic E-state index is 13.4. The molecule has 1 atom stereocenters. The maximum Gasteiger partial charge on any atom is 0.269 e. The van der Waals surface area contributed by atoms with Crippen molar-refractivity contribution in [2.45, 2.75) is 23.5 Å². The van der Waals surface area contributed by atoms with E-state index in [9.17, 15) is 23.3 Å². The number of Topliss-reactive ketones (excluding diaryl/α,β-unsaturated/α-hetero) is 1. The lowest BCUT2D eigenvalue weighted by atomic mass is 10.0. The van der Waals surface area contributed by atoms with E-state index in [1.165, 1.54) is 54.6 Å². The number of nitro groups is 1. The summed E-state index contributed by atoms with van der Waals surface area (Å²) in [7, 11) is -3.96. The highest BCUT2D eigenvalue weighted by atomic mass is 35.5. The predicted molar refractivity (Wildman–Crippen MR) is 120 cm³/mol. The number of benzene rings is 3. The van der Waals surface area contributed by atoms with Crippen molar-refractivity contribution in [1.82, 2.24) is 0 Å². The zero-order chi connectivity index (χ0) is 22.8. The third-order valence-electron chi connectivity index (χ3n) is 4.81. The summed E-state index contributed by atoms with van der Waals surface area (Å²) in [6.45, 7) is 1.84. The maximum atomic E-state index is 13.4. The van der Waals surface area contributed by atoms with Crippen LogP contribution in [0, 0.1) is 17.0 Å². The second-order valence-corrected chi connectivity index (χ2v) is 9.90. The molecule has 0 radical (unpaired) electrons. The SMILES string of the molecule is Cc1ccc(S(=O)(=O)[C@@H](CC(=O)c2ccc([N+](=O)[O-])cc2)c2ccc(Cl)c(Cl)c2)cc1. The van der Waals surface area contributed by atoms with E-state index in [1.54, 1.807) is 12.1 Å². The van der Waals surface area contributed by atoms with Gasteiger partial charge in [-0.3, -0.25) is 14.9 Å². The van der Waals surface area contributed by atoms with Crippen molar-refractivity contribution in [3.63, 3.8) is 0 Å². The number of hydrogen-bond acceptors (Lipinski definition) is 5. The molecular weight excluding hydrogens is 461 g/mol. The molecule has 31 heavy (non-hydrogen) atoms. The molecule has 0 aromatic heterocycles. The van der Waals surface area contributed by atoms with E-state index in [0.717, 1.165) is 5.56 Å². The van der Waals surface area contributed by atoms with Crippen molar-refractivity contribution in [2.75, 3.05) is 0 Å². The van der Waals surface area contributed by atoms with Gasteiger partial charge in [0.15, 0.2) is 15.6 Å². The van der Waals surface area contributed by atoms with Crippen molar-refractivity contribution < 1.29 is 18.1 Å². The molecule has 0 aliphatic carbocycles. The van der Waals surface area contributed by atoms with Crippen LogP contribution in [-0.4, -0.2) is 19.1 Å². The Hall–Kier alpha value is -2.74. The number of rotatable bonds is 7. The minimum absolute atomic E-state index is 0.0747. The van der Waals surface area contributed by atoms with Crippen molar-refractivity contribution in [3.8, 4) is 0 Å². The molecule has 0 N–H and O–H groups in total. The van der Waals surface area contributed by atoms with Gasteiger partial charge in [0.2, 0.25) is 0 Å². The lowest BCUT2D eigenvalue weighted by Crippen LogP contribution is -2.18. The number of non-ortho nitro benzene ring substituents is 1. The quantitative estimate of drug-likeness (QED) is 0.236. The van der Waals surface area contributed by atoms with Gasteiger partial charge in [-0.25, -0.2) is 8.42 Å². The average Bonchev–Trinajstić information content (AvgIpc) is 2.74. The molecule has 0 spiro atoms. The normalized spacial score (nSPS) is 12.4. The van der Waals surface area contributed by atoms with Crippen LogP contribution < -0.4 is 0 Å². The van der Waals surface area contributed by atoms with Gasteiger partial charge in [-0.15, -0.1) is 0 Å². The lowest BCUT2D eigenvalue weighted by Gasteiger charge is -2.19. The van der Waals surface area contributed by atoms with Crippen LogP contribution in [0.1, 0.15) is 33.2 Å². The zero-order valence-corrected chi connectivity index (χ0v) is 18.6. The van der Waals surface area contributed by atoms with Crippen molar-refractivity contribution in [1.29, 1.82) is 0 Å². The first-order chi connectivity index (χ1) is 14.6. The Bertz CT molecular complexity index is 1240. The summed E-state index contributed by atoms with van der Waals surface area (Å²) in [5.41, 5.74) is 1.23. The first kappa shape index (κ1) is 22.9. The summed E-state index contributed by atoms with van der Waals surface area (Å²) >= 11 is 12.1. The van der Waals surface area contributed by atoms with Gasteiger partial charge in [0.05, 0.1) is 25.1 Å². The Morgan fingerprint density at radius 2 is 1.58 bits per heavy atom. The van der Waals surface area contributed by atoms with Crippen LogP contribution in [0.25, 0.3) is 0 Å². The van der Waals surface area contributed by atoms with Gasteiger partial charge in [-0.05, 0) is 48.9 Å². The molecule has 0 fully saturated rings. The van der Waals surface area contributed by atoms with Gasteiger partial charge in [0, 0.05) is 24.1 Å². The second-order valence-electron chi connectivity index (χ2n) is 6.95. The number of ketones is 1. The highest BCUT2D eigenvalue weighted by molar-refractivity contribution is 7.91. The fraction of sp³-hybridized carbons (Fsp3) is 0.136. The van der Waals surface area contributed by atoms with Gasteiger partial charge < -0.3 is 0 Å². The molecule has 0 heterocycles. The molecule has 0 saturated carbocycles. The highest BCUT2D eigenvalue weighted by Crippen LogP contribution is 2.36. The van der Waals surface area contributed by atoms with E-state index in [4.69, 9.17) is 23.2 Å². The van der Waals surface area contributed by atoms with E-state index < -0.39 is 25.8 Å². The van der Waals surface area contributed by atoms with Crippen LogP contribution in [0.4, 0.5) is 5.69 Å². The average molecular weight is 478 g/mol. The smallest absolute Gasteiger partial charge is 0.269 e. The minimum Gasteiger partial charge on any atom is -0.294 e. The largest absolute Gasteiger partial charge is 0.294 e. The molecule has 0 amide bonds. The van der Waals surface area contributed by atoms with Gasteiger partial charge in [0.1, 0.15) is 0 Å². The van der Waals surface area contributed by atoms with Gasteiger partial charge in [0.25, 0.3) is 5.69 Å². The Labute approximate surface area is 189 Å². The molecule has 0 aliphatic heterocycles. The number of aryl methyl sites for hydroxylation is 1. The predicted octanol–water partition coefficient (Wildman–Crippen LogP) is 6.00. The van der Waals surface area contributed by atoms with Crippen molar-refractivity contribution in [2.24, 2.45) is 0 Å². The zero-order valence-electron chi connectivity index (χ0n) is 16.3. The van der Waals surface area contributed by atoms with Crippen LogP contribution in [0.15, 0.2) is 71.6 Å². The molecule has 9 heteroatoms. The topological polar surface area (TPSA) is 94.3 Å². The summed E-state index contributed by atoms with van der Waals surface area (Å²) in [6.07, 6.45) is -0.369. The first-order valence-electron chi connectivity index (χ1n) is 9.13. The first-order valence-corrected chi connectivity index (χ1v) is 11.4. The molecule has 6 nitrogen and oxygen atoms in total. The fourth-order valence-electron chi connectivity index (χ4n) is 3.07. The number of sulfone groups is 1. The summed E-state index contributed by atoms with van der Waals surface area (Å²) in [5, 5.41) is 10.1. The fourth-order valence-corrected chi connectivity index (χ4v) is 5.09. The van der Waals surface area contributed by atoms with Crippen molar-refractivity contribution >= 4 is 44.5 Å². The van der Waals surface area contributed by atoms with Crippen molar-refractivity contribution in [3.05, 3.63) is 104 Å². The van der Waals surface area contributed by atoms with Gasteiger partial charge in [-0.1, -0.05) is 47.0 Å². The Kier molecular flexibility index (Phi) is 6.79. The summed E-state index contributed by atoms with van der Waals surface area (Å²) in [6, 6.07) is 15.8. The summed E-state index contributed by atoms with van der Waals surface area (Å²) in [5.74, 6) is -0.471. The van der Waals surface area contributed by atoms with Gasteiger partial charge in [-0.2, -0.15) is 0 Å². The summed E-state index contributed by atoms with van der Waals surface area (Å²) in [4.78, 5) is 23.2. The highest BCUT2D eigenvalue weighted by Gasteiger charge is 2.32. The van der Waals surface area contributed by atoms with Crippen LogP contribution in [0.3, 0.4) is 0 Å². The third kappa shape index (κ3) is 5.12. The number of carbonyl (C=O) groups excluding carboxylic acids is 1. The van der Waals surface area contributed by atoms with E-state index in [2.05, 4.69) is 0 Å². The van der Waals surface area contributed by atoms with Crippen LogP contribution >= 0.6 is 23.2 Å². The molecule has 3 aromatic carbocycles. The number of halogens is 2. The van der Waals surface area contributed by atoms with Gasteiger partial charge >= 0.3 is 0 Å². The molecule has 0 saturated heterocycles. The van der Waals surface area contributed by atoms with E-state index >= 15 is 0 Å². The monoisotopic (exact) mass is 477 g/mol. The number of nitrogens with zero attached hydrogens (tertiary/aromatic N) is 1. The minimum atomic E-state index is -3.96. The standard InChI is InChI=1S/C22H17Cl2NO5S/c1-14-2-9-18(10-3-14)31(29,30)22(16-6-11-19(23)20(24)12-16)13-21(26)15-4-7-17(8-5-15)25(27)28/h2-12,22H,13H2,1H3/t22-/m0/s1. The van der Waals surface area contributed by atoms with Crippen LogP contribution in [0.2, 0.25) is 10.0 Å². The van der Waals surface area contributed by atoms with Crippen LogP contribution in [0.5, 0.6) is 0 Å². The Balaban J connectivity index is 2.03. The molecular formula is C22H17Cl2NO5S. The van der Waals surface area contributed by atoms with Crippen LogP contribution in [-0.2, 0) is 9.84 Å². The van der Waals surface area contributed by atoms with E-state index in [0.29, 0.717) is 5.56 Å². The second kappa shape index (κ2) is 9.18. The summed E-state index contributed by atoms with van der Waals surface area (Å²) < 4.78 is 26.9. The molecule has 0 unspecified atom stereocenters. The molecule has 0 bridgehead atoms. The number of nitro benzene ring substituents is 1. The molecule has 0 aliphatic rings. The van der Waals surface area contributed by atoms with E-state index in [-0.39, 0.29) is 32.6 Å². The third-order valence-corrected chi connectivity index (χ3v) is 7.67. The number of carbonyl (C=O) groups is 1. The Morgan fingerprint density at radius 1 is 0.968 bits per heavy atom. The number of hydrogen-bond donors (Lipinski definition) is 0. The lowest BCUT2D eigenvalue weighted by molar-refractivity contribution is -0.384. The molecule has 160 valence electrons. The molecule has 3 aromatic rings. The van der Waals surface area contributed by atoms with E-state index in [1.807, 2.05) is 6.92 Å². The molecule has 3 rings (SSSR count). The Morgan fingerprint density at radius 3 is 2.13 bits per heavy atom.